The predicted molar refractivity (Wildman–Crippen MR) is 112 cm³/mol. The molecule has 1 saturated heterocycles. The van der Waals surface area contributed by atoms with E-state index in [0.717, 1.165) is 5.69 Å². The van der Waals surface area contributed by atoms with Crippen molar-refractivity contribution in [2.24, 2.45) is 0 Å². The summed E-state index contributed by atoms with van der Waals surface area (Å²) >= 11 is 0. The van der Waals surface area contributed by atoms with Gasteiger partial charge in [0, 0.05) is 43.1 Å². The molecule has 0 atom stereocenters. The van der Waals surface area contributed by atoms with Crippen LogP contribution in [0.15, 0.2) is 54.6 Å². The number of ketones is 1. The number of anilines is 2. The Bertz CT molecular complexity index is 859. The average Bonchev–Trinajstić information content (AvgIpc) is 2.73. The molecule has 0 aromatic heterocycles. The van der Waals surface area contributed by atoms with Crippen LogP contribution in [0.1, 0.15) is 17.3 Å². The molecular weight excluding hydrogens is 370 g/mol. The molecule has 0 spiro atoms. The molecule has 7 nitrogen and oxygen atoms in total. The van der Waals surface area contributed by atoms with E-state index < -0.39 is 5.97 Å². The van der Waals surface area contributed by atoms with Gasteiger partial charge in [0.1, 0.15) is 6.54 Å². The lowest BCUT2D eigenvalue weighted by atomic mass is 10.1. The van der Waals surface area contributed by atoms with Gasteiger partial charge in [-0.1, -0.05) is 18.2 Å². The topological polar surface area (TPSA) is 81.2 Å². The fourth-order valence-corrected chi connectivity index (χ4v) is 3.42. The van der Waals surface area contributed by atoms with Gasteiger partial charge in [0.05, 0.1) is 6.54 Å². The highest BCUT2D eigenvalue weighted by atomic mass is 16.4. The van der Waals surface area contributed by atoms with E-state index in [4.69, 9.17) is 0 Å². The van der Waals surface area contributed by atoms with Crippen molar-refractivity contribution in [2.75, 3.05) is 49.1 Å². The van der Waals surface area contributed by atoms with Gasteiger partial charge in [0.25, 0.3) is 0 Å². The summed E-state index contributed by atoms with van der Waals surface area (Å²) in [5.41, 5.74) is 2.42. The average molecular weight is 395 g/mol. The molecule has 29 heavy (non-hydrogen) atoms. The first-order chi connectivity index (χ1) is 13.9. The number of carboxylic acids is 1. The number of Topliss-reactive ketones (excluding diaryl/α,β-unsaturated/α-hetero) is 1. The van der Waals surface area contributed by atoms with Gasteiger partial charge < -0.3 is 19.8 Å². The van der Waals surface area contributed by atoms with E-state index in [1.54, 1.807) is 28.9 Å². The van der Waals surface area contributed by atoms with Crippen LogP contribution in [-0.4, -0.2) is 66.9 Å². The summed E-state index contributed by atoms with van der Waals surface area (Å²) in [5.74, 6) is -1.02. The van der Waals surface area contributed by atoms with E-state index in [-0.39, 0.29) is 24.8 Å². The van der Waals surface area contributed by atoms with Crippen LogP contribution in [0.3, 0.4) is 0 Å². The summed E-state index contributed by atoms with van der Waals surface area (Å²) in [7, 11) is 0. The molecule has 0 aliphatic carbocycles. The van der Waals surface area contributed by atoms with E-state index >= 15 is 0 Å². The van der Waals surface area contributed by atoms with Gasteiger partial charge in [-0.2, -0.15) is 0 Å². The van der Waals surface area contributed by atoms with Crippen LogP contribution in [0.5, 0.6) is 0 Å². The SMILES string of the molecule is CC(=O)c1ccc(N2CCN(C(=O)CN(CC(=O)O)c3ccccc3)CC2)cc1. The minimum Gasteiger partial charge on any atom is -0.480 e. The highest BCUT2D eigenvalue weighted by Crippen LogP contribution is 2.18. The van der Waals surface area contributed by atoms with Crippen LogP contribution in [0, 0.1) is 0 Å². The smallest absolute Gasteiger partial charge is 0.323 e. The zero-order valence-electron chi connectivity index (χ0n) is 16.5. The molecule has 0 bridgehead atoms. The third-order valence-corrected chi connectivity index (χ3v) is 5.04. The predicted octanol–water partition coefficient (Wildman–Crippen LogP) is 2.13. The molecule has 1 amide bonds. The Morgan fingerprint density at radius 2 is 1.52 bits per heavy atom. The van der Waals surface area contributed by atoms with Crippen LogP contribution in [0.25, 0.3) is 0 Å². The normalized spacial score (nSPS) is 13.8. The Morgan fingerprint density at radius 3 is 2.07 bits per heavy atom. The third-order valence-electron chi connectivity index (χ3n) is 5.04. The van der Waals surface area contributed by atoms with E-state index in [0.29, 0.717) is 37.4 Å². The summed E-state index contributed by atoms with van der Waals surface area (Å²) in [4.78, 5) is 40.9. The summed E-state index contributed by atoms with van der Waals surface area (Å²) in [6.07, 6.45) is 0. The van der Waals surface area contributed by atoms with Crippen molar-refractivity contribution in [3.8, 4) is 0 Å². The maximum atomic E-state index is 12.8. The lowest BCUT2D eigenvalue weighted by molar-refractivity contribution is -0.135. The Morgan fingerprint density at radius 1 is 0.897 bits per heavy atom. The van der Waals surface area contributed by atoms with Crippen molar-refractivity contribution in [1.82, 2.24) is 4.90 Å². The molecule has 1 aliphatic heterocycles. The van der Waals surface area contributed by atoms with Crippen molar-refractivity contribution in [3.05, 3.63) is 60.2 Å². The van der Waals surface area contributed by atoms with E-state index in [1.165, 1.54) is 0 Å². The van der Waals surface area contributed by atoms with Crippen molar-refractivity contribution in [1.29, 1.82) is 0 Å². The van der Waals surface area contributed by atoms with Gasteiger partial charge >= 0.3 is 5.97 Å². The molecule has 0 radical (unpaired) electrons. The van der Waals surface area contributed by atoms with Gasteiger partial charge in [-0.15, -0.1) is 0 Å². The molecule has 2 aromatic rings. The van der Waals surface area contributed by atoms with Crippen LogP contribution >= 0.6 is 0 Å². The second-order valence-electron chi connectivity index (χ2n) is 7.06. The molecular formula is C22H25N3O4. The second-order valence-corrected chi connectivity index (χ2v) is 7.06. The number of aliphatic carboxylic acids is 1. The van der Waals surface area contributed by atoms with Crippen LogP contribution < -0.4 is 9.80 Å². The Kier molecular flexibility index (Phi) is 6.49. The number of carbonyl (C=O) groups excluding carboxylic acids is 2. The number of carboxylic acid groups (broad SMARTS) is 1. The third kappa shape index (κ3) is 5.34. The van der Waals surface area contributed by atoms with Gasteiger partial charge in [0.2, 0.25) is 5.91 Å². The quantitative estimate of drug-likeness (QED) is 0.724. The summed E-state index contributed by atoms with van der Waals surface area (Å²) in [5, 5.41) is 9.19. The monoisotopic (exact) mass is 395 g/mol. The van der Waals surface area contributed by atoms with Gasteiger partial charge in [-0.25, -0.2) is 0 Å². The lowest BCUT2D eigenvalue weighted by Crippen LogP contribution is -2.51. The minimum atomic E-state index is -0.972. The van der Waals surface area contributed by atoms with E-state index in [1.807, 2.05) is 42.5 Å². The number of amides is 1. The summed E-state index contributed by atoms with van der Waals surface area (Å²) < 4.78 is 0. The first-order valence-corrected chi connectivity index (χ1v) is 9.59. The zero-order valence-corrected chi connectivity index (χ0v) is 16.5. The lowest BCUT2D eigenvalue weighted by Gasteiger charge is -2.37. The van der Waals surface area contributed by atoms with E-state index in [9.17, 15) is 19.5 Å². The number of carbonyl (C=O) groups is 3. The molecule has 1 N–H and O–H groups in total. The molecule has 0 saturated carbocycles. The Balaban J connectivity index is 1.58. The minimum absolute atomic E-state index is 0.0314. The number of hydrogen-bond donors (Lipinski definition) is 1. The maximum absolute atomic E-state index is 12.8. The van der Waals surface area contributed by atoms with Gasteiger partial charge in [-0.05, 0) is 43.3 Å². The molecule has 2 aromatic carbocycles. The first-order valence-electron chi connectivity index (χ1n) is 9.59. The molecule has 3 rings (SSSR count). The largest absolute Gasteiger partial charge is 0.480 e. The molecule has 1 aliphatic rings. The number of nitrogens with zero attached hydrogens (tertiary/aromatic N) is 3. The van der Waals surface area contributed by atoms with Gasteiger partial charge in [0.15, 0.2) is 5.78 Å². The van der Waals surface area contributed by atoms with Crippen LogP contribution in [0.4, 0.5) is 11.4 Å². The summed E-state index contributed by atoms with van der Waals surface area (Å²) in [6, 6.07) is 16.6. The van der Waals surface area contributed by atoms with Crippen molar-refractivity contribution < 1.29 is 19.5 Å². The highest BCUT2D eigenvalue weighted by Gasteiger charge is 2.24. The fraction of sp³-hybridized carbons (Fsp3) is 0.318. The Labute approximate surface area is 170 Å². The van der Waals surface area contributed by atoms with E-state index in [2.05, 4.69) is 4.90 Å². The van der Waals surface area contributed by atoms with Crippen LogP contribution in [0.2, 0.25) is 0 Å². The summed E-state index contributed by atoms with van der Waals surface area (Å²) in [6.45, 7) is 3.88. The number of para-hydroxylation sites is 1. The Hall–Kier alpha value is -3.35. The molecule has 1 heterocycles. The van der Waals surface area contributed by atoms with Gasteiger partial charge in [-0.3, -0.25) is 14.4 Å². The molecule has 7 heteroatoms. The molecule has 1 fully saturated rings. The van der Waals surface area contributed by atoms with Crippen molar-refractivity contribution in [3.63, 3.8) is 0 Å². The zero-order chi connectivity index (χ0) is 20.8. The number of rotatable bonds is 7. The standard InChI is InChI=1S/C22H25N3O4/c1-17(26)18-7-9-20(10-8-18)23-11-13-24(14-12-23)21(27)15-25(16-22(28)29)19-5-3-2-4-6-19/h2-10H,11-16H2,1H3,(H,28,29). The molecule has 0 unspecified atom stereocenters. The number of piperazine rings is 1. The van der Waals surface area contributed by atoms with Crippen molar-refractivity contribution >= 4 is 29.0 Å². The van der Waals surface area contributed by atoms with Crippen LogP contribution in [-0.2, 0) is 9.59 Å². The fourth-order valence-electron chi connectivity index (χ4n) is 3.42. The maximum Gasteiger partial charge on any atom is 0.323 e. The second kappa shape index (κ2) is 9.23. The number of benzene rings is 2. The highest BCUT2D eigenvalue weighted by molar-refractivity contribution is 5.94. The first kappa shape index (κ1) is 20.4. The molecule has 152 valence electrons. The van der Waals surface area contributed by atoms with Crippen molar-refractivity contribution in [2.45, 2.75) is 6.92 Å². The number of hydrogen-bond acceptors (Lipinski definition) is 5.